The number of carbonyl (C=O) groups is 1. The van der Waals surface area contributed by atoms with Crippen molar-refractivity contribution in [2.75, 3.05) is 19.6 Å². The number of rotatable bonds is 7. The van der Waals surface area contributed by atoms with Crippen LogP contribution in [0.25, 0.3) is 0 Å². The van der Waals surface area contributed by atoms with Gasteiger partial charge in [-0.2, -0.15) is 0 Å². The highest BCUT2D eigenvalue weighted by molar-refractivity contribution is 5.67. The van der Waals surface area contributed by atoms with Crippen LogP contribution in [0.2, 0.25) is 0 Å². The molecular weight excluding hydrogens is 340 g/mol. The molecule has 1 saturated heterocycles. The van der Waals surface area contributed by atoms with Crippen LogP contribution in [-0.2, 0) is 11.3 Å². The van der Waals surface area contributed by atoms with E-state index in [1.165, 1.54) is 11.1 Å². The number of hydrogen-bond acceptors (Lipinski definition) is 5. The largest absolute Gasteiger partial charge is 0.444 e. The average molecular weight is 377 g/mol. The molecule has 2 N–H and O–H groups in total. The molecule has 1 atom stereocenters. The second kappa shape index (κ2) is 10.0. The normalized spacial score (nSPS) is 17.5. The van der Waals surface area contributed by atoms with Crippen LogP contribution < -0.4 is 10.6 Å². The van der Waals surface area contributed by atoms with Gasteiger partial charge in [-0.1, -0.05) is 0 Å². The number of amides is 1. The van der Waals surface area contributed by atoms with Crippen LogP contribution in [0, 0.1) is 6.92 Å². The Morgan fingerprint density at radius 3 is 2.70 bits per heavy atom. The summed E-state index contributed by atoms with van der Waals surface area (Å²) in [7, 11) is 0. The molecule has 152 valence electrons. The van der Waals surface area contributed by atoms with E-state index >= 15 is 0 Å². The zero-order valence-corrected chi connectivity index (χ0v) is 17.5. The van der Waals surface area contributed by atoms with Gasteiger partial charge in [0.05, 0.1) is 0 Å². The molecule has 27 heavy (non-hydrogen) atoms. The third kappa shape index (κ3) is 7.85. The molecule has 1 aromatic rings. The Morgan fingerprint density at radius 2 is 2.07 bits per heavy atom. The summed E-state index contributed by atoms with van der Waals surface area (Å²) in [6, 6.07) is 3.08. The number of hydrogen-bond donors (Lipinski definition) is 2. The zero-order valence-electron chi connectivity index (χ0n) is 17.5. The van der Waals surface area contributed by atoms with Crippen LogP contribution in [0.15, 0.2) is 18.5 Å². The van der Waals surface area contributed by atoms with E-state index in [4.69, 9.17) is 4.74 Å². The van der Waals surface area contributed by atoms with E-state index in [1.54, 1.807) is 0 Å². The van der Waals surface area contributed by atoms with E-state index in [1.807, 2.05) is 33.2 Å². The van der Waals surface area contributed by atoms with Crippen LogP contribution in [0.4, 0.5) is 4.79 Å². The van der Waals surface area contributed by atoms with Crippen molar-refractivity contribution in [3.05, 3.63) is 29.6 Å². The molecule has 0 spiro atoms. The third-order valence-electron chi connectivity index (χ3n) is 5.11. The topological polar surface area (TPSA) is 66.5 Å². The molecule has 0 aliphatic carbocycles. The molecule has 0 saturated carbocycles. The maximum Gasteiger partial charge on any atom is 0.407 e. The molecule has 2 heterocycles. The van der Waals surface area contributed by atoms with E-state index in [2.05, 4.69) is 40.4 Å². The average Bonchev–Trinajstić information content (AvgIpc) is 2.60. The number of nitrogens with one attached hydrogen (secondary N) is 2. The Balaban J connectivity index is 1.63. The lowest BCUT2D eigenvalue weighted by molar-refractivity contribution is 0.0520. The Labute approximate surface area is 164 Å². The molecular formula is C21H36N4O2. The first kappa shape index (κ1) is 21.6. The van der Waals surface area contributed by atoms with E-state index in [0.29, 0.717) is 18.6 Å². The fourth-order valence-electron chi connectivity index (χ4n) is 3.36. The molecule has 0 radical (unpaired) electrons. The van der Waals surface area contributed by atoms with Gasteiger partial charge in [-0.25, -0.2) is 4.79 Å². The van der Waals surface area contributed by atoms with Gasteiger partial charge in [0.25, 0.3) is 0 Å². The number of pyridine rings is 1. The summed E-state index contributed by atoms with van der Waals surface area (Å²) in [5.74, 6) is 0. The second-order valence-electron chi connectivity index (χ2n) is 8.56. The summed E-state index contributed by atoms with van der Waals surface area (Å²) in [5, 5.41) is 6.53. The first-order valence-corrected chi connectivity index (χ1v) is 10.1. The summed E-state index contributed by atoms with van der Waals surface area (Å²) in [6.07, 6.45) is 6.72. The van der Waals surface area contributed by atoms with Gasteiger partial charge in [-0.3, -0.25) is 4.98 Å². The molecule has 6 heteroatoms. The van der Waals surface area contributed by atoms with Crippen molar-refractivity contribution in [2.24, 2.45) is 0 Å². The van der Waals surface area contributed by atoms with Crippen molar-refractivity contribution in [3.63, 3.8) is 0 Å². The van der Waals surface area contributed by atoms with Gasteiger partial charge >= 0.3 is 6.09 Å². The van der Waals surface area contributed by atoms with Crippen molar-refractivity contribution in [3.8, 4) is 0 Å². The first-order valence-electron chi connectivity index (χ1n) is 10.1. The Hall–Kier alpha value is -1.66. The molecule has 1 aromatic heterocycles. The summed E-state index contributed by atoms with van der Waals surface area (Å²) >= 11 is 0. The molecule has 1 aliphatic heterocycles. The lowest BCUT2D eigenvalue weighted by Crippen LogP contribution is -2.46. The lowest BCUT2D eigenvalue weighted by Gasteiger charge is -2.36. The van der Waals surface area contributed by atoms with Gasteiger partial charge in [-0.05, 0) is 84.2 Å². The van der Waals surface area contributed by atoms with Gasteiger partial charge in [0.1, 0.15) is 5.60 Å². The van der Waals surface area contributed by atoms with Crippen LogP contribution >= 0.6 is 0 Å². The molecule has 0 bridgehead atoms. The SMILES string of the molecule is Cc1ccncc1CNC1CCN([C@H](C)CCNC(=O)OC(C)(C)C)CC1. The maximum atomic E-state index is 11.7. The summed E-state index contributed by atoms with van der Waals surface area (Å²) in [5.41, 5.74) is 2.13. The zero-order chi connectivity index (χ0) is 19.9. The van der Waals surface area contributed by atoms with Crippen LogP contribution in [0.1, 0.15) is 58.1 Å². The second-order valence-corrected chi connectivity index (χ2v) is 8.56. The highest BCUT2D eigenvalue weighted by Gasteiger charge is 2.23. The molecule has 1 fully saturated rings. The van der Waals surface area contributed by atoms with Crippen molar-refractivity contribution in [1.29, 1.82) is 0 Å². The predicted octanol–water partition coefficient (Wildman–Crippen LogP) is 3.25. The van der Waals surface area contributed by atoms with Gasteiger partial charge in [0, 0.05) is 37.6 Å². The number of ether oxygens (including phenoxy) is 1. The molecule has 0 aromatic carbocycles. The lowest BCUT2D eigenvalue weighted by atomic mass is 10.0. The van der Waals surface area contributed by atoms with Crippen molar-refractivity contribution >= 4 is 6.09 Å². The minimum Gasteiger partial charge on any atom is -0.444 e. The molecule has 1 amide bonds. The third-order valence-corrected chi connectivity index (χ3v) is 5.11. The fraction of sp³-hybridized carbons (Fsp3) is 0.714. The van der Waals surface area contributed by atoms with E-state index in [-0.39, 0.29) is 6.09 Å². The van der Waals surface area contributed by atoms with Crippen molar-refractivity contribution in [2.45, 2.75) is 78.1 Å². The first-order chi connectivity index (χ1) is 12.7. The van der Waals surface area contributed by atoms with Gasteiger partial charge < -0.3 is 20.3 Å². The van der Waals surface area contributed by atoms with Crippen molar-refractivity contribution in [1.82, 2.24) is 20.5 Å². The minimum atomic E-state index is -0.446. The standard InChI is InChI=1S/C21H36N4O2/c1-16-6-10-22-14-18(16)15-24-19-8-12-25(13-9-19)17(2)7-11-23-20(26)27-21(3,4)5/h6,10,14,17,19,24H,7-9,11-13,15H2,1-5H3,(H,23,26)/t17-/m1/s1. The predicted molar refractivity (Wildman–Crippen MR) is 109 cm³/mol. The van der Waals surface area contributed by atoms with Crippen molar-refractivity contribution < 1.29 is 9.53 Å². The minimum absolute atomic E-state index is 0.330. The molecule has 6 nitrogen and oxygen atoms in total. The number of aromatic nitrogens is 1. The number of piperidine rings is 1. The summed E-state index contributed by atoms with van der Waals surface area (Å²) in [4.78, 5) is 18.4. The number of carbonyl (C=O) groups excluding carboxylic acids is 1. The van der Waals surface area contributed by atoms with Crippen LogP contribution in [0.3, 0.4) is 0 Å². The van der Waals surface area contributed by atoms with Gasteiger partial charge in [0.15, 0.2) is 0 Å². The number of likely N-dealkylation sites (tertiary alicyclic amines) is 1. The quantitative estimate of drug-likeness (QED) is 0.765. The van der Waals surface area contributed by atoms with Gasteiger partial charge in [0.2, 0.25) is 0 Å². The Bertz CT molecular complexity index is 592. The molecule has 2 rings (SSSR count). The maximum absolute atomic E-state index is 11.7. The highest BCUT2D eigenvalue weighted by Crippen LogP contribution is 2.16. The number of alkyl carbamates (subject to hydrolysis) is 1. The van der Waals surface area contributed by atoms with E-state index in [0.717, 1.165) is 38.9 Å². The number of aryl methyl sites for hydroxylation is 1. The Kier molecular flexibility index (Phi) is 8.05. The van der Waals surface area contributed by atoms with Gasteiger partial charge in [-0.15, -0.1) is 0 Å². The number of nitrogens with zero attached hydrogens (tertiary/aromatic N) is 2. The highest BCUT2D eigenvalue weighted by atomic mass is 16.6. The summed E-state index contributed by atoms with van der Waals surface area (Å²) in [6.45, 7) is 13.7. The van der Waals surface area contributed by atoms with E-state index < -0.39 is 5.60 Å². The van der Waals surface area contributed by atoms with Crippen LogP contribution in [0.5, 0.6) is 0 Å². The summed E-state index contributed by atoms with van der Waals surface area (Å²) < 4.78 is 5.27. The monoisotopic (exact) mass is 376 g/mol. The smallest absolute Gasteiger partial charge is 0.407 e. The van der Waals surface area contributed by atoms with Crippen LogP contribution in [-0.4, -0.2) is 53.3 Å². The fourth-order valence-corrected chi connectivity index (χ4v) is 3.36. The van der Waals surface area contributed by atoms with E-state index in [9.17, 15) is 4.79 Å². The molecule has 0 unspecified atom stereocenters. The Morgan fingerprint density at radius 1 is 1.37 bits per heavy atom. The molecule has 1 aliphatic rings.